The van der Waals surface area contributed by atoms with E-state index in [-0.39, 0.29) is 10.6 Å². The lowest BCUT2D eigenvalue weighted by molar-refractivity contribution is -0.140. The number of nitrogens with zero attached hydrogens (tertiary/aromatic N) is 1. The molecule has 16 heavy (non-hydrogen) atoms. The molecule has 2 rings (SSSR count). The third-order valence-corrected chi connectivity index (χ3v) is 2.77. The Labute approximate surface area is 92.4 Å². The average Bonchev–Trinajstić information content (AvgIpc) is 2.66. The maximum Gasteiger partial charge on any atom is 0.434 e. The number of halogens is 4. The van der Waals surface area contributed by atoms with Gasteiger partial charge in [0.15, 0.2) is 5.69 Å². The summed E-state index contributed by atoms with van der Waals surface area (Å²) in [6.07, 6.45) is -4.49. The van der Waals surface area contributed by atoms with Crippen LogP contribution in [0, 0.1) is 5.82 Å². The lowest BCUT2D eigenvalue weighted by Gasteiger charge is -2.00. The van der Waals surface area contributed by atoms with Gasteiger partial charge in [0.25, 0.3) is 0 Å². The normalized spacial score (nSPS) is 11.8. The van der Waals surface area contributed by atoms with Crippen molar-refractivity contribution in [3.8, 4) is 10.6 Å². The molecule has 0 radical (unpaired) electrons. The van der Waals surface area contributed by atoms with E-state index in [9.17, 15) is 17.6 Å². The molecule has 0 fully saturated rings. The zero-order chi connectivity index (χ0) is 11.8. The molecule has 0 atom stereocenters. The van der Waals surface area contributed by atoms with E-state index in [1.54, 1.807) is 6.07 Å². The minimum Gasteiger partial charge on any atom is -0.231 e. The first kappa shape index (κ1) is 11.1. The average molecular weight is 247 g/mol. The summed E-state index contributed by atoms with van der Waals surface area (Å²) in [7, 11) is 0. The van der Waals surface area contributed by atoms with Gasteiger partial charge in [-0.25, -0.2) is 9.37 Å². The Hall–Kier alpha value is -1.43. The Morgan fingerprint density at radius 3 is 2.38 bits per heavy atom. The molecule has 1 aromatic carbocycles. The molecular formula is C10H5F4NS. The molecule has 0 N–H and O–H groups in total. The first-order valence-electron chi connectivity index (χ1n) is 4.26. The van der Waals surface area contributed by atoms with E-state index < -0.39 is 17.7 Å². The van der Waals surface area contributed by atoms with Crippen molar-refractivity contribution < 1.29 is 17.6 Å². The molecular weight excluding hydrogens is 242 g/mol. The van der Waals surface area contributed by atoms with E-state index in [2.05, 4.69) is 4.98 Å². The molecule has 1 nitrogen and oxygen atoms in total. The van der Waals surface area contributed by atoms with Crippen LogP contribution in [0.1, 0.15) is 5.69 Å². The second-order valence-corrected chi connectivity index (χ2v) is 3.87. The number of rotatable bonds is 1. The fraction of sp³-hybridized carbons (Fsp3) is 0.100. The number of aromatic nitrogens is 1. The van der Waals surface area contributed by atoms with E-state index in [1.807, 2.05) is 0 Å². The first-order chi connectivity index (χ1) is 7.48. The maximum atomic E-state index is 13.3. The van der Waals surface area contributed by atoms with E-state index in [0.29, 0.717) is 0 Å². The van der Waals surface area contributed by atoms with Gasteiger partial charge in [0.05, 0.1) is 0 Å². The van der Waals surface area contributed by atoms with Gasteiger partial charge in [-0.1, -0.05) is 12.1 Å². The Morgan fingerprint density at radius 1 is 1.12 bits per heavy atom. The number of hydrogen-bond acceptors (Lipinski definition) is 2. The van der Waals surface area contributed by atoms with Gasteiger partial charge in [0, 0.05) is 10.9 Å². The van der Waals surface area contributed by atoms with E-state index in [1.165, 1.54) is 18.2 Å². The van der Waals surface area contributed by atoms with Crippen LogP contribution in [-0.2, 0) is 6.18 Å². The van der Waals surface area contributed by atoms with Gasteiger partial charge in [0.2, 0.25) is 0 Å². The highest BCUT2D eigenvalue weighted by Gasteiger charge is 2.33. The van der Waals surface area contributed by atoms with Crippen LogP contribution in [0.15, 0.2) is 29.6 Å². The van der Waals surface area contributed by atoms with Crippen LogP contribution in [0.3, 0.4) is 0 Å². The molecule has 6 heteroatoms. The van der Waals surface area contributed by atoms with E-state index in [0.717, 1.165) is 16.7 Å². The summed E-state index contributed by atoms with van der Waals surface area (Å²) in [5, 5.41) is 0.910. The molecule has 0 unspecified atom stereocenters. The Bertz CT molecular complexity index is 504. The second kappa shape index (κ2) is 3.86. The van der Waals surface area contributed by atoms with Gasteiger partial charge in [-0.05, 0) is 12.1 Å². The molecule has 0 saturated carbocycles. The molecule has 0 bridgehead atoms. The molecule has 0 aliphatic carbocycles. The van der Waals surface area contributed by atoms with Crippen LogP contribution < -0.4 is 0 Å². The highest BCUT2D eigenvalue weighted by Crippen LogP contribution is 2.34. The maximum absolute atomic E-state index is 13.3. The molecule has 0 aliphatic rings. The minimum absolute atomic E-state index is 0.0328. The first-order valence-corrected chi connectivity index (χ1v) is 5.14. The predicted octanol–water partition coefficient (Wildman–Crippen LogP) is 3.97. The SMILES string of the molecule is Fc1ccccc1-c1nc(C(F)(F)F)cs1. The summed E-state index contributed by atoms with van der Waals surface area (Å²) in [5.41, 5.74) is -0.904. The van der Waals surface area contributed by atoms with Crippen molar-refractivity contribution >= 4 is 11.3 Å². The lowest BCUT2D eigenvalue weighted by atomic mass is 10.2. The zero-order valence-corrected chi connectivity index (χ0v) is 8.57. The van der Waals surface area contributed by atoms with Gasteiger partial charge in [-0.3, -0.25) is 0 Å². The van der Waals surface area contributed by atoms with Gasteiger partial charge in [-0.15, -0.1) is 11.3 Å². The molecule has 0 saturated heterocycles. The van der Waals surface area contributed by atoms with Crippen LogP contribution in [0.4, 0.5) is 17.6 Å². The van der Waals surface area contributed by atoms with Crippen molar-refractivity contribution in [3.63, 3.8) is 0 Å². The van der Waals surface area contributed by atoms with Crippen molar-refractivity contribution in [2.75, 3.05) is 0 Å². The largest absolute Gasteiger partial charge is 0.434 e. The fourth-order valence-corrected chi connectivity index (χ4v) is 2.02. The summed E-state index contributed by atoms with van der Waals surface area (Å²) < 4.78 is 50.1. The minimum atomic E-state index is -4.49. The van der Waals surface area contributed by atoms with Crippen molar-refractivity contribution in [1.29, 1.82) is 0 Å². The van der Waals surface area contributed by atoms with Gasteiger partial charge >= 0.3 is 6.18 Å². The number of alkyl halides is 3. The van der Waals surface area contributed by atoms with Crippen molar-refractivity contribution in [1.82, 2.24) is 4.98 Å². The summed E-state index contributed by atoms with van der Waals surface area (Å²) in [4.78, 5) is 3.37. The Morgan fingerprint density at radius 2 is 1.81 bits per heavy atom. The molecule has 0 aliphatic heterocycles. The fourth-order valence-electron chi connectivity index (χ4n) is 1.16. The number of thiazole rings is 1. The van der Waals surface area contributed by atoms with Crippen LogP contribution in [0.25, 0.3) is 10.6 Å². The van der Waals surface area contributed by atoms with Crippen molar-refractivity contribution in [2.45, 2.75) is 6.18 Å². The summed E-state index contributed by atoms with van der Waals surface area (Å²) in [6.45, 7) is 0. The van der Waals surface area contributed by atoms with Crippen LogP contribution in [0.5, 0.6) is 0 Å². The third kappa shape index (κ3) is 2.06. The molecule has 1 aromatic heterocycles. The monoisotopic (exact) mass is 247 g/mol. The highest BCUT2D eigenvalue weighted by atomic mass is 32.1. The van der Waals surface area contributed by atoms with Gasteiger partial charge in [-0.2, -0.15) is 13.2 Å². The molecule has 0 spiro atoms. The molecule has 0 amide bonds. The summed E-state index contributed by atoms with van der Waals surface area (Å²) in [5.74, 6) is -0.578. The zero-order valence-electron chi connectivity index (χ0n) is 7.75. The summed E-state index contributed by atoms with van der Waals surface area (Å²) >= 11 is 0.773. The molecule has 84 valence electrons. The molecule has 2 aromatic rings. The standard InChI is InChI=1S/C10H5F4NS/c11-7-4-2-1-3-6(7)9-15-8(5-16-9)10(12,13)14/h1-5H. The van der Waals surface area contributed by atoms with Gasteiger partial charge < -0.3 is 0 Å². The quantitative estimate of drug-likeness (QED) is 0.695. The highest BCUT2D eigenvalue weighted by molar-refractivity contribution is 7.13. The second-order valence-electron chi connectivity index (χ2n) is 3.02. The summed E-state index contributed by atoms with van der Waals surface area (Å²) in [6, 6.07) is 5.60. The lowest BCUT2D eigenvalue weighted by Crippen LogP contribution is -2.04. The van der Waals surface area contributed by atoms with Crippen molar-refractivity contribution in [3.05, 3.63) is 41.2 Å². The number of benzene rings is 1. The molecule has 1 heterocycles. The predicted molar refractivity (Wildman–Crippen MR) is 52.5 cm³/mol. The van der Waals surface area contributed by atoms with Crippen LogP contribution >= 0.6 is 11.3 Å². The van der Waals surface area contributed by atoms with Crippen molar-refractivity contribution in [2.24, 2.45) is 0 Å². The number of hydrogen-bond donors (Lipinski definition) is 0. The van der Waals surface area contributed by atoms with Crippen LogP contribution in [0.2, 0.25) is 0 Å². The van der Waals surface area contributed by atoms with E-state index in [4.69, 9.17) is 0 Å². The Kier molecular flexibility index (Phi) is 2.67. The smallest absolute Gasteiger partial charge is 0.231 e. The Balaban J connectivity index is 2.44. The third-order valence-electron chi connectivity index (χ3n) is 1.90. The topological polar surface area (TPSA) is 12.9 Å². The van der Waals surface area contributed by atoms with Gasteiger partial charge in [0.1, 0.15) is 10.8 Å². The van der Waals surface area contributed by atoms with E-state index >= 15 is 0 Å². The van der Waals surface area contributed by atoms with Crippen LogP contribution in [-0.4, -0.2) is 4.98 Å².